The molecule has 7 nitrogen and oxygen atoms in total. The molecule has 1 aromatic heterocycles. The van der Waals surface area contributed by atoms with Crippen LogP contribution in [0.1, 0.15) is 17.2 Å². The van der Waals surface area contributed by atoms with Gasteiger partial charge in [0, 0.05) is 25.2 Å². The maximum absolute atomic E-state index is 11.3. The molecule has 1 aromatic carbocycles. The molecule has 0 spiro atoms. The second-order valence-electron chi connectivity index (χ2n) is 4.32. The summed E-state index contributed by atoms with van der Waals surface area (Å²) in [6.45, 7) is 1.97. The molecule has 1 heterocycles. The zero-order valence-electron chi connectivity index (χ0n) is 11.8. The van der Waals surface area contributed by atoms with Crippen molar-refractivity contribution in [1.82, 2.24) is 4.98 Å². The number of carbonyl (C=O) groups is 1. The third-order valence-electron chi connectivity index (χ3n) is 2.79. The van der Waals surface area contributed by atoms with E-state index >= 15 is 0 Å². The van der Waals surface area contributed by atoms with Crippen LogP contribution in [-0.2, 0) is 11.4 Å². The lowest BCUT2D eigenvalue weighted by atomic mass is 10.1. The van der Waals surface area contributed by atoms with Gasteiger partial charge >= 0.3 is 0 Å². The molecule has 0 aliphatic rings. The molecule has 0 unspecified atom stereocenters. The Bertz CT molecular complexity index is 691. The summed E-state index contributed by atoms with van der Waals surface area (Å²) in [5, 5.41) is 0. The van der Waals surface area contributed by atoms with E-state index in [2.05, 4.69) is 9.98 Å². The molecule has 1 amide bonds. The molecule has 0 bridgehead atoms. The lowest BCUT2D eigenvalue weighted by Crippen LogP contribution is -2.25. The number of hydrogen-bond donors (Lipinski definition) is 2. The van der Waals surface area contributed by atoms with Crippen molar-refractivity contribution in [3.8, 4) is 5.75 Å². The number of nitrogens with zero attached hydrogens (tertiary/aromatic N) is 2. The molecule has 4 N–H and O–H groups in total. The van der Waals surface area contributed by atoms with E-state index in [-0.39, 0.29) is 12.3 Å². The van der Waals surface area contributed by atoms with Crippen LogP contribution in [0.3, 0.4) is 0 Å². The Kier molecular flexibility index (Phi) is 4.22. The van der Waals surface area contributed by atoms with Gasteiger partial charge in [-0.05, 0) is 18.2 Å². The third-order valence-corrected chi connectivity index (χ3v) is 2.79. The lowest BCUT2D eigenvalue weighted by Gasteiger charge is -2.09. The monoisotopic (exact) mass is 288 g/mol. The zero-order chi connectivity index (χ0) is 15.4. The first-order valence-corrected chi connectivity index (χ1v) is 6.22. The number of nitrogen functional groups attached to an aromatic ring is 1. The second kappa shape index (κ2) is 6.08. The molecule has 110 valence electrons. The van der Waals surface area contributed by atoms with E-state index in [1.54, 1.807) is 31.3 Å². The van der Waals surface area contributed by atoms with E-state index in [9.17, 15) is 4.79 Å². The van der Waals surface area contributed by atoms with Gasteiger partial charge in [0.25, 0.3) is 5.91 Å². The summed E-state index contributed by atoms with van der Waals surface area (Å²) in [7, 11) is 1.48. The quantitative estimate of drug-likeness (QED) is 0.630. The number of nitrogens with two attached hydrogens (primary N) is 2. The van der Waals surface area contributed by atoms with Gasteiger partial charge in [-0.2, -0.15) is 0 Å². The van der Waals surface area contributed by atoms with Gasteiger partial charge in [0.2, 0.25) is 0 Å². The number of rotatable bonds is 5. The normalized spacial score (nSPS) is 11.4. The summed E-state index contributed by atoms with van der Waals surface area (Å²) in [6, 6.07) is 4.94. The molecule has 2 rings (SSSR count). The molecular weight excluding hydrogens is 272 g/mol. The first kappa shape index (κ1) is 14.6. The summed E-state index contributed by atoms with van der Waals surface area (Å²) in [6.07, 6.45) is 1.59. The number of ether oxygens (including phenoxy) is 1. The average molecular weight is 288 g/mol. The number of hydrogen-bond acceptors (Lipinski definition) is 6. The van der Waals surface area contributed by atoms with Crippen molar-refractivity contribution >= 4 is 17.3 Å². The summed E-state index contributed by atoms with van der Waals surface area (Å²) in [5.74, 6) is 1.05. The molecule has 0 radical (unpaired) electrons. The minimum Gasteiger partial charge on any atom is -0.486 e. The van der Waals surface area contributed by atoms with Crippen LogP contribution in [0.4, 0.5) is 5.69 Å². The third kappa shape index (κ3) is 3.38. The number of carbonyl (C=O) groups excluding carboxylic acids is 1. The van der Waals surface area contributed by atoms with Crippen molar-refractivity contribution in [3.63, 3.8) is 0 Å². The molecular formula is C14H16N4O3. The fourth-order valence-electron chi connectivity index (χ4n) is 1.82. The van der Waals surface area contributed by atoms with Gasteiger partial charge in [0.05, 0.1) is 6.20 Å². The standard InChI is InChI=1S/C14H16N4O3/c1-8-18-6-10(21-8)7-20-9-3-4-12(15)11(5-9)13(17-2)14(16)19/h3-6H,7,15H2,1-2H3,(H2,16,19). The van der Waals surface area contributed by atoms with Crippen LogP contribution >= 0.6 is 0 Å². The number of oxazole rings is 1. The van der Waals surface area contributed by atoms with Crippen molar-refractivity contribution in [2.45, 2.75) is 13.5 Å². The number of amides is 1. The molecule has 0 atom stereocenters. The lowest BCUT2D eigenvalue weighted by molar-refractivity contribution is -0.111. The second-order valence-corrected chi connectivity index (χ2v) is 4.32. The minimum atomic E-state index is -0.646. The molecule has 0 aliphatic heterocycles. The van der Waals surface area contributed by atoms with Crippen LogP contribution in [0.25, 0.3) is 0 Å². The Morgan fingerprint density at radius 3 is 2.81 bits per heavy atom. The largest absolute Gasteiger partial charge is 0.486 e. The SMILES string of the molecule is CN=C(C(N)=O)c1cc(OCc2cnc(C)o2)ccc1N. The highest BCUT2D eigenvalue weighted by molar-refractivity contribution is 6.45. The number of primary amides is 1. The Morgan fingerprint density at radius 1 is 1.48 bits per heavy atom. The molecule has 21 heavy (non-hydrogen) atoms. The maximum atomic E-state index is 11.3. The summed E-state index contributed by atoms with van der Waals surface area (Å²) in [5.41, 5.74) is 12.1. The highest BCUT2D eigenvalue weighted by atomic mass is 16.5. The minimum absolute atomic E-state index is 0.105. The summed E-state index contributed by atoms with van der Waals surface area (Å²) >= 11 is 0. The van der Waals surface area contributed by atoms with Crippen LogP contribution in [0.15, 0.2) is 33.8 Å². The fourth-order valence-corrected chi connectivity index (χ4v) is 1.82. The van der Waals surface area contributed by atoms with Gasteiger partial charge in [-0.1, -0.05) is 0 Å². The first-order valence-electron chi connectivity index (χ1n) is 6.22. The predicted molar refractivity (Wildman–Crippen MR) is 78.1 cm³/mol. The Balaban J connectivity index is 2.20. The van der Waals surface area contributed by atoms with Crippen LogP contribution in [0.5, 0.6) is 5.75 Å². The van der Waals surface area contributed by atoms with E-state index in [1.807, 2.05) is 0 Å². The van der Waals surface area contributed by atoms with Gasteiger partial charge < -0.3 is 20.6 Å². The van der Waals surface area contributed by atoms with Crippen LogP contribution < -0.4 is 16.2 Å². The van der Waals surface area contributed by atoms with Crippen molar-refractivity contribution in [3.05, 3.63) is 41.6 Å². The van der Waals surface area contributed by atoms with Gasteiger partial charge in [0.15, 0.2) is 11.7 Å². The smallest absolute Gasteiger partial charge is 0.267 e. The number of aromatic nitrogens is 1. The molecule has 2 aromatic rings. The first-order chi connectivity index (χ1) is 10.0. The molecule has 0 saturated heterocycles. The van der Waals surface area contributed by atoms with Crippen LogP contribution in [-0.4, -0.2) is 23.7 Å². The molecule has 7 heteroatoms. The van der Waals surface area contributed by atoms with E-state index in [1.165, 1.54) is 7.05 Å². The van der Waals surface area contributed by atoms with Crippen LogP contribution in [0, 0.1) is 6.92 Å². The van der Waals surface area contributed by atoms with Crippen molar-refractivity contribution < 1.29 is 13.9 Å². The van der Waals surface area contributed by atoms with Crippen molar-refractivity contribution in [2.75, 3.05) is 12.8 Å². The molecule has 0 fully saturated rings. The van der Waals surface area contributed by atoms with E-state index in [4.69, 9.17) is 20.6 Å². The number of anilines is 1. The molecule has 0 saturated carbocycles. The molecule has 0 aliphatic carbocycles. The number of aryl methyl sites for hydroxylation is 1. The predicted octanol–water partition coefficient (Wildman–Crippen LogP) is 1.05. The van der Waals surface area contributed by atoms with Gasteiger partial charge in [-0.25, -0.2) is 4.98 Å². The van der Waals surface area contributed by atoms with E-state index < -0.39 is 5.91 Å². The maximum Gasteiger partial charge on any atom is 0.267 e. The van der Waals surface area contributed by atoms with Crippen molar-refractivity contribution in [2.24, 2.45) is 10.7 Å². The topological polar surface area (TPSA) is 117 Å². The van der Waals surface area contributed by atoms with E-state index in [0.29, 0.717) is 28.7 Å². The number of aliphatic imine (C=N–C) groups is 1. The average Bonchev–Trinajstić information content (AvgIpc) is 2.85. The van der Waals surface area contributed by atoms with E-state index in [0.717, 1.165) is 0 Å². The summed E-state index contributed by atoms with van der Waals surface area (Å²) in [4.78, 5) is 19.2. The van der Waals surface area contributed by atoms with Crippen LogP contribution in [0.2, 0.25) is 0 Å². The highest BCUT2D eigenvalue weighted by Gasteiger charge is 2.14. The van der Waals surface area contributed by atoms with Gasteiger partial charge in [0.1, 0.15) is 18.1 Å². The Labute approximate surface area is 121 Å². The Morgan fingerprint density at radius 2 is 2.24 bits per heavy atom. The summed E-state index contributed by atoms with van der Waals surface area (Å²) < 4.78 is 10.9. The number of benzene rings is 1. The zero-order valence-corrected chi connectivity index (χ0v) is 11.8. The van der Waals surface area contributed by atoms with Gasteiger partial charge in [-0.15, -0.1) is 0 Å². The Hall–Kier alpha value is -2.83. The van der Waals surface area contributed by atoms with Gasteiger partial charge in [-0.3, -0.25) is 9.79 Å². The highest BCUT2D eigenvalue weighted by Crippen LogP contribution is 2.21. The fraction of sp³-hybridized carbons (Fsp3) is 0.214. The van der Waals surface area contributed by atoms with Crippen molar-refractivity contribution in [1.29, 1.82) is 0 Å².